The van der Waals surface area contributed by atoms with Crippen LogP contribution in [-0.4, -0.2) is 27.4 Å². The van der Waals surface area contributed by atoms with Gasteiger partial charge in [0.25, 0.3) is 0 Å². The van der Waals surface area contributed by atoms with Gasteiger partial charge in [0.15, 0.2) is 0 Å². The Bertz CT molecular complexity index is 744. The summed E-state index contributed by atoms with van der Waals surface area (Å²) in [6.45, 7) is 5.51. The fourth-order valence-corrected chi connectivity index (χ4v) is 3.56. The molecule has 0 aliphatic carbocycles. The largest absolute Gasteiger partial charge is 0.325 e. The minimum Gasteiger partial charge on any atom is -0.311 e. The molecule has 5 nitrogen and oxygen atoms in total. The van der Waals surface area contributed by atoms with Gasteiger partial charge in [-0.05, 0) is 49.6 Å². The van der Waals surface area contributed by atoms with Gasteiger partial charge in [-0.3, -0.25) is 14.9 Å². The molecule has 4 rings (SSSR count). The van der Waals surface area contributed by atoms with Crippen molar-refractivity contribution in [2.45, 2.75) is 32.9 Å². The molecule has 112 valence electrons. The molecule has 0 saturated carbocycles. The van der Waals surface area contributed by atoms with Crippen molar-refractivity contribution in [1.82, 2.24) is 14.9 Å². The molecule has 0 radical (unpaired) electrons. The average Bonchev–Trinajstić information content (AvgIpc) is 2.89. The van der Waals surface area contributed by atoms with Crippen LogP contribution in [-0.2, 0) is 6.54 Å². The van der Waals surface area contributed by atoms with E-state index in [-0.39, 0.29) is 12.1 Å². The lowest BCUT2D eigenvalue weighted by Gasteiger charge is -2.37. The van der Waals surface area contributed by atoms with Crippen LogP contribution in [0.2, 0.25) is 0 Å². The Morgan fingerprint density at radius 2 is 2.00 bits per heavy atom. The molecule has 0 spiro atoms. The summed E-state index contributed by atoms with van der Waals surface area (Å²) in [5.74, 6) is 0. The fraction of sp³-hybridized carbons (Fsp3) is 0.353. The molecular formula is C17H18N4O. The number of carbonyl (C=O) groups is 1. The number of rotatable bonds is 1. The molecule has 2 aliphatic rings. The number of hydrogen-bond donors (Lipinski definition) is 0. The molecule has 2 amide bonds. The quantitative estimate of drug-likeness (QED) is 0.812. The summed E-state index contributed by atoms with van der Waals surface area (Å²) in [5.41, 5.74) is 5.50. The first-order valence-electron chi connectivity index (χ1n) is 7.60. The first kappa shape index (κ1) is 13.2. The molecule has 1 atom stereocenters. The van der Waals surface area contributed by atoms with Crippen molar-refractivity contribution < 1.29 is 4.79 Å². The normalized spacial score (nSPS) is 20.1. The van der Waals surface area contributed by atoms with Gasteiger partial charge in [0.05, 0.1) is 18.3 Å². The molecule has 4 heterocycles. The molecule has 5 heteroatoms. The van der Waals surface area contributed by atoms with Crippen molar-refractivity contribution in [3.05, 3.63) is 53.1 Å². The number of hydrogen-bond acceptors (Lipinski definition) is 3. The molecule has 0 aromatic carbocycles. The van der Waals surface area contributed by atoms with Gasteiger partial charge in [0, 0.05) is 30.3 Å². The van der Waals surface area contributed by atoms with E-state index < -0.39 is 0 Å². The second-order valence-electron chi connectivity index (χ2n) is 6.02. The lowest BCUT2D eigenvalue weighted by atomic mass is 10.0. The zero-order valence-electron chi connectivity index (χ0n) is 12.8. The van der Waals surface area contributed by atoms with E-state index in [0.717, 1.165) is 30.0 Å². The Hall–Kier alpha value is -2.43. The van der Waals surface area contributed by atoms with Crippen molar-refractivity contribution in [2.24, 2.45) is 0 Å². The Morgan fingerprint density at radius 3 is 2.77 bits per heavy atom. The maximum Gasteiger partial charge on any atom is 0.325 e. The predicted molar refractivity (Wildman–Crippen MR) is 83.6 cm³/mol. The van der Waals surface area contributed by atoms with Gasteiger partial charge in [-0.15, -0.1) is 0 Å². The third-order valence-electron chi connectivity index (χ3n) is 4.60. The standard InChI is InChI=1S/C17H18N4O/c1-11-9-12(2)19-16-14(11)10-21-15(16)5-8-20(17(21)22)13-3-6-18-7-4-13/h3-4,6-7,9,15H,5,8,10H2,1-2H3. The highest BCUT2D eigenvalue weighted by Gasteiger charge is 2.41. The minimum absolute atomic E-state index is 0.0671. The number of fused-ring (bicyclic) bond motifs is 3. The highest BCUT2D eigenvalue weighted by molar-refractivity contribution is 5.93. The molecule has 1 saturated heterocycles. The van der Waals surface area contributed by atoms with Crippen LogP contribution in [0.5, 0.6) is 0 Å². The number of aromatic nitrogens is 2. The summed E-state index contributed by atoms with van der Waals surface area (Å²) in [6.07, 6.45) is 4.36. The minimum atomic E-state index is 0.0671. The first-order valence-corrected chi connectivity index (χ1v) is 7.60. The van der Waals surface area contributed by atoms with E-state index in [1.807, 2.05) is 28.9 Å². The predicted octanol–water partition coefficient (Wildman–Crippen LogP) is 2.98. The summed E-state index contributed by atoms with van der Waals surface area (Å²) >= 11 is 0. The number of urea groups is 1. The van der Waals surface area contributed by atoms with E-state index in [4.69, 9.17) is 4.98 Å². The Morgan fingerprint density at radius 1 is 1.23 bits per heavy atom. The van der Waals surface area contributed by atoms with E-state index in [1.54, 1.807) is 12.4 Å². The van der Waals surface area contributed by atoms with Crippen LogP contribution >= 0.6 is 0 Å². The van der Waals surface area contributed by atoms with Gasteiger partial charge in [-0.1, -0.05) is 0 Å². The number of aryl methyl sites for hydroxylation is 2. The van der Waals surface area contributed by atoms with E-state index in [1.165, 1.54) is 11.1 Å². The van der Waals surface area contributed by atoms with Crippen LogP contribution in [0.15, 0.2) is 30.6 Å². The smallest absolute Gasteiger partial charge is 0.311 e. The monoisotopic (exact) mass is 294 g/mol. The van der Waals surface area contributed by atoms with E-state index >= 15 is 0 Å². The first-order chi connectivity index (χ1) is 10.6. The van der Waals surface area contributed by atoms with Crippen LogP contribution in [0.1, 0.15) is 35.0 Å². The zero-order valence-corrected chi connectivity index (χ0v) is 12.8. The van der Waals surface area contributed by atoms with Crippen molar-refractivity contribution in [2.75, 3.05) is 11.4 Å². The average molecular weight is 294 g/mol. The summed E-state index contributed by atoms with van der Waals surface area (Å²) < 4.78 is 0. The lowest BCUT2D eigenvalue weighted by molar-refractivity contribution is 0.171. The summed E-state index contributed by atoms with van der Waals surface area (Å²) in [4.78, 5) is 25.4. The molecule has 2 aliphatic heterocycles. The van der Waals surface area contributed by atoms with Crippen LogP contribution in [0.25, 0.3) is 0 Å². The maximum atomic E-state index is 12.9. The highest BCUT2D eigenvalue weighted by atomic mass is 16.2. The summed E-state index contributed by atoms with van der Waals surface area (Å²) in [7, 11) is 0. The van der Waals surface area contributed by atoms with E-state index in [9.17, 15) is 4.79 Å². The van der Waals surface area contributed by atoms with Gasteiger partial charge in [-0.25, -0.2) is 4.79 Å². The molecule has 0 bridgehead atoms. The third kappa shape index (κ3) is 1.89. The van der Waals surface area contributed by atoms with Crippen LogP contribution in [0.4, 0.5) is 10.5 Å². The number of anilines is 1. The Labute approximate surface area is 129 Å². The zero-order chi connectivity index (χ0) is 15.3. The van der Waals surface area contributed by atoms with Crippen molar-refractivity contribution >= 4 is 11.7 Å². The molecular weight excluding hydrogens is 276 g/mol. The van der Waals surface area contributed by atoms with Gasteiger partial charge in [0.1, 0.15) is 0 Å². The van der Waals surface area contributed by atoms with E-state index in [0.29, 0.717) is 6.54 Å². The SMILES string of the molecule is Cc1cc(C)c2c(n1)C1CCN(c3ccncc3)C(=O)N1C2. The highest BCUT2D eigenvalue weighted by Crippen LogP contribution is 2.40. The Kier molecular flexibility index (Phi) is 2.89. The second kappa shape index (κ2) is 4.80. The van der Waals surface area contributed by atoms with Crippen LogP contribution in [0.3, 0.4) is 0 Å². The van der Waals surface area contributed by atoms with Gasteiger partial charge in [-0.2, -0.15) is 0 Å². The summed E-state index contributed by atoms with van der Waals surface area (Å²) in [5, 5.41) is 0. The van der Waals surface area contributed by atoms with E-state index in [2.05, 4.69) is 18.0 Å². The number of amides is 2. The van der Waals surface area contributed by atoms with Crippen molar-refractivity contribution in [3.63, 3.8) is 0 Å². The van der Waals surface area contributed by atoms with Crippen molar-refractivity contribution in [1.29, 1.82) is 0 Å². The van der Waals surface area contributed by atoms with Crippen molar-refractivity contribution in [3.8, 4) is 0 Å². The molecule has 22 heavy (non-hydrogen) atoms. The molecule has 0 N–H and O–H groups in total. The molecule has 2 aromatic heterocycles. The number of nitrogens with zero attached hydrogens (tertiary/aromatic N) is 4. The number of carbonyl (C=O) groups excluding carboxylic acids is 1. The van der Waals surface area contributed by atoms with Gasteiger partial charge < -0.3 is 4.90 Å². The second-order valence-corrected chi connectivity index (χ2v) is 6.02. The lowest BCUT2D eigenvalue weighted by Crippen LogP contribution is -2.48. The molecule has 1 unspecified atom stereocenters. The molecule has 1 fully saturated rings. The summed E-state index contributed by atoms with van der Waals surface area (Å²) in [6, 6.07) is 6.06. The number of pyridine rings is 2. The van der Waals surface area contributed by atoms with Gasteiger partial charge in [0.2, 0.25) is 0 Å². The molecule has 2 aromatic rings. The van der Waals surface area contributed by atoms with Gasteiger partial charge >= 0.3 is 6.03 Å². The van der Waals surface area contributed by atoms with Crippen LogP contribution in [0, 0.1) is 13.8 Å². The van der Waals surface area contributed by atoms with Crippen LogP contribution < -0.4 is 4.90 Å². The topological polar surface area (TPSA) is 49.3 Å². The fourth-order valence-electron chi connectivity index (χ4n) is 3.56. The maximum absolute atomic E-state index is 12.9. The Balaban J connectivity index is 1.69. The third-order valence-corrected chi connectivity index (χ3v) is 4.60.